The van der Waals surface area contributed by atoms with Gasteiger partial charge in [0.1, 0.15) is 5.76 Å². The molecule has 0 bridgehead atoms. The average molecular weight is 543 g/mol. The normalized spacial score (nSPS) is 14.0. The maximum atomic E-state index is 11.9. The Balaban J connectivity index is 0.00000341. The van der Waals surface area contributed by atoms with E-state index in [2.05, 4.69) is 15.2 Å². The molecule has 0 radical (unpaired) electrons. The van der Waals surface area contributed by atoms with E-state index >= 15 is 0 Å². The number of carbonyl (C=O) groups is 1. The van der Waals surface area contributed by atoms with E-state index in [0.29, 0.717) is 51.8 Å². The van der Waals surface area contributed by atoms with Crippen LogP contribution in [0.1, 0.15) is 18.2 Å². The molecule has 168 valence electrons. The van der Waals surface area contributed by atoms with E-state index in [9.17, 15) is 14.9 Å². The lowest BCUT2D eigenvalue weighted by Crippen LogP contribution is -2.53. The molecule has 2 aromatic rings. The number of amides is 1. The van der Waals surface area contributed by atoms with Gasteiger partial charge >= 0.3 is 6.09 Å². The molecular weight excluding hydrogens is 517 g/mol. The van der Waals surface area contributed by atoms with Crippen molar-refractivity contribution >= 4 is 41.7 Å². The fourth-order valence-electron chi connectivity index (χ4n) is 3.05. The molecule has 1 N–H and O–H groups in total. The van der Waals surface area contributed by atoms with Crippen LogP contribution >= 0.6 is 24.0 Å². The highest BCUT2D eigenvalue weighted by Gasteiger charge is 2.24. The zero-order valence-electron chi connectivity index (χ0n) is 17.2. The molecule has 0 saturated carbocycles. The van der Waals surface area contributed by atoms with Crippen LogP contribution in [0.25, 0.3) is 0 Å². The molecule has 3 rings (SSSR count). The first kappa shape index (κ1) is 24.4. The van der Waals surface area contributed by atoms with Crippen molar-refractivity contribution in [3.05, 3.63) is 64.1 Å². The van der Waals surface area contributed by atoms with Gasteiger partial charge in [-0.15, -0.1) is 24.0 Å². The van der Waals surface area contributed by atoms with E-state index in [-0.39, 0.29) is 35.8 Å². The topological polar surface area (TPSA) is 113 Å². The maximum Gasteiger partial charge on any atom is 0.409 e. The summed E-state index contributed by atoms with van der Waals surface area (Å²) >= 11 is 0. The molecule has 31 heavy (non-hydrogen) atoms. The number of furan rings is 1. The molecule has 0 aliphatic carbocycles. The summed E-state index contributed by atoms with van der Waals surface area (Å²) in [5, 5.41) is 14.1. The molecule has 1 aromatic heterocycles. The number of aliphatic imine (C=N–C) groups is 1. The number of halogens is 1. The number of nitro groups is 1. The average Bonchev–Trinajstić information content (AvgIpc) is 3.28. The number of rotatable bonds is 6. The molecule has 10 nitrogen and oxygen atoms in total. The number of carbonyl (C=O) groups excluding carboxylic acids is 1. The van der Waals surface area contributed by atoms with Crippen molar-refractivity contribution in [3.8, 4) is 0 Å². The largest absolute Gasteiger partial charge is 0.467 e. The Labute approximate surface area is 197 Å². The molecule has 2 heterocycles. The van der Waals surface area contributed by atoms with Gasteiger partial charge in [-0.1, -0.05) is 12.1 Å². The zero-order chi connectivity index (χ0) is 21.3. The smallest absolute Gasteiger partial charge is 0.409 e. The lowest BCUT2D eigenvalue weighted by atomic mass is 10.2. The van der Waals surface area contributed by atoms with Crippen molar-refractivity contribution in [2.45, 2.75) is 20.0 Å². The Kier molecular flexibility index (Phi) is 9.56. The van der Waals surface area contributed by atoms with Crippen molar-refractivity contribution in [3.63, 3.8) is 0 Å². The van der Waals surface area contributed by atoms with Crippen molar-refractivity contribution < 1.29 is 18.9 Å². The summed E-state index contributed by atoms with van der Waals surface area (Å²) in [7, 11) is 0. The van der Waals surface area contributed by atoms with Crippen LogP contribution in [0.5, 0.6) is 0 Å². The number of benzene rings is 1. The first-order valence-electron chi connectivity index (χ1n) is 9.77. The minimum atomic E-state index is -0.424. The van der Waals surface area contributed by atoms with Gasteiger partial charge in [-0.2, -0.15) is 0 Å². The van der Waals surface area contributed by atoms with Crippen molar-refractivity contribution in [1.82, 2.24) is 15.1 Å². The predicted molar refractivity (Wildman–Crippen MR) is 125 cm³/mol. The van der Waals surface area contributed by atoms with Crippen molar-refractivity contribution in [2.75, 3.05) is 32.8 Å². The van der Waals surface area contributed by atoms with Gasteiger partial charge in [0, 0.05) is 38.3 Å². The van der Waals surface area contributed by atoms with Gasteiger partial charge in [-0.3, -0.25) is 10.1 Å². The third-order valence-corrected chi connectivity index (χ3v) is 4.66. The lowest BCUT2D eigenvalue weighted by Gasteiger charge is -2.36. The molecule has 0 spiro atoms. The summed E-state index contributed by atoms with van der Waals surface area (Å²) in [6.07, 6.45) is 1.31. The molecule has 0 atom stereocenters. The SMILES string of the molecule is CCOC(=O)N1CCN(C(=NCc2ccc([N+](=O)[O-])cc2)NCc2ccco2)CC1.I. The summed E-state index contributed by atoms with van der Waals surface area (Å²) in [5.41, 5.74) is 0.914. The number of nitro benzene ring substituents is 1. The Morgan fingerprint density at radius 2 is 1.87 bits per heavy atom. The summed E-state index contributed by atoms with van der Waals surface area (Å²) in [4.78, 5) is 30.7. The Morgan fingerprint density at radius 3 is 2.45 bits per heavy atom. The van der Waals surface area contributed by atoms with Crippen LogP contribution < -0.4 is 5.32 Å². The number of ether oxygens (including phenoxy) is 1. The fraction of sp³-hybridized carbons (Fsp3) is 0.400. The van der Waals surface area contributed by atoms with Crippen LogP contribution in [0.4, 0.5) is 10.5 Å². The quantitative estimate of drug-likeness (QED) is 0.196. The third kappa shape index (κ3) is 7.12. The van der Waals surface area contributed by atoms with Crippen molar-refractivity contribution in [1.29, 1.82) is 0 Å². The van der Waals surface area contributed by atoms with Crippen LogP contribution in [-0.4, -0.2) is 59.6 Å². The van der Waals surface area contributed by atoms with Gasteiger partial charge in [-0.05, 0) is 24.6 Å². The number of guanidine groups is 1. The summed E-state index contributed by atoms with van der Waals surface area (Å²) in [6.45, 7) is 5.30. The standard InChI is InChI=1S/C20H25N5O5.HI/c1-2-29-20(26)24-11-9-23(10-12-24)19(22-15-18-4-3-13-30-18)21-14-16-5-7-17(8-6-16)25(27)28;/h3-8,13H,2,9-12,14-15H2,1H3,(H,21,22);1H. The Bertz CT molecular complexity index is 865. The van der Waals surface area contributed by atoms with E-state index in [4.69, 9.17) is 9.15 Å². The summed E-state index contributed by atoms with van der Waals surface area (Å²) < 4.78 is 10.4. The van der Waals surface area contributed by atoms with Crippen LogP contribution in [0.2, 0.25) is 0 Å². The van der Waals surface area contributed by atoms with Gasteiger partial charge in [0.2, 0.25) is 0 Å². The molecule has 1 aliphatic rings. The Morgan fingerprint density at radius 1 is 1.19 bits per heavy atom. The van der Waals surface area contributed by atoms with Gasteiger partial charge < -0.3 is 24.3 Å². The molecule has 1 amide bonds. The summed E-state index contributed by atoms with van der Waals surface area (Å²) in [6, 6.07) is 10.0. The highest BCUT2D eigenvalue weighted by molar-refractivity contribution is 14.0. The number of non-ortho nitro benzene ring substituents is 1. The number of piperazine rings is 1. The lowest BCUT2D eigenvalue weighted by molar-refractivity contribution is -0.384. The van der Waals surface area contributed by atoms with E-state index in [1.807, 2.05) is 12.1 Å². The predicted octanol–water partition coefficient (Wildman–Crippen LogP) is 3.23. The van der Waals surface area contributed by atoms with Crippen LogP contribution in [-0.2, 0) is 17.8 Å². The van der Waals surface area contributed by atoms with E-state index in [1.165, 1.54) is 12.1 Å². The number of hydrogen-bond acceptors (Lipinski definition) is 6. The molecule has 0 unspecified atom stereocenters. The van der Waals surface area contributed by atoms with Crippen molar-refractivity contribution in [2.24, 2.45) is 4.99 Å². The van der Waals surface area contributed by atoms with Gasteiger partial charge in [0.05, 0.1) is 30.9 Å². The number of hydrogen-bond donors (Lipinski definition) is 1. The first-order valence-corrected chi connectivity index (χ1v) is 9.77. The van der Waals surface area contributed by atoms with Crippen LogP contribution in [0.15, 0.2) is 52.1 Å². The minimum absolute atomic E-state index is 0. The number of nitrogens with one attached hydrogen (secondary N) is 1. The molecule has 1 aromatic carbocycles. The van der Waals surface area contributed by atoms with E-state index in [0.717, 1.165) is 11.3 Å². The molecular formula is C20H26IN5O5. The second kappa shape index (κ2) is 12.1. The molecule has 11 heteroatoms. The van der Waals surface area contributed by atoms with Crippen LogP contribution in [0, 0.1) is 10.1 Å². The number of nitrogens with zero attached hydrogens (tertiary/aromatic N) is 4. The first-order chi connectivity index (χ1) is 14.6. The van der Waals surface area contributed by atoms with Gasteiger partial charge in [0.25, 0.3) is 5.69 Å². The molecule has 1 saturated heterocycles. The fourth-order valence-corrected chi connectivity index (χ4v) is 3.05. The molecule has 1 aliphatic heterocycles. The summed E-state index contributed by atoms with van der Waals surface area (Å²) in [5.74, 6) is 1.47. The Hall–Kier alpha value is -2.83. The second-order valence-corrected chi connectivity index (χ2v) is 6.67. The van der Waals surface area contributed by atoms with E-state index < -0.39 is 4.92 Å². The van der Waals surface area contributed by atoms with Crippen LogP contribution in [0.3, 0.4) is 0 Å². The highest BCUT2D eigenvalue weighted by atomic mass is 127. The highest BCUT2D eigenvalue weighted by Crippen LogP contribution is 2.13. The minimum Gasteiger partial charge on any atom is -0.467 e. The monoisotopic (exact) mass is 543 g/mol. The maximum absolute atomic E-state index is 11.9. The molecule has 1 fully saturated rings. The third-order valence-electron chi connectivity index (χ3n) is 4.66. The zero-order valence-corrected chi connectivity index (χ0v) is 19.6. The van der Waals surface area contributed by atoms with Gasteiger partial charge in [-0.25, -0.2) is 9.79 Å². The van der Waals surface area contributed by atoms with Gasteiger partial charge in [0.15, 0.2) is 5.96 Å². The van der Waals surface area contributed by atoms with E-state index in [1.54, 1.807) is 30.2 Å². The second-order valence-electron chi connectivity index (χ2n) is 6.67.